The number of carbonyl (C=O) groups is 3. The minimum absolute atomic E-state index is 0.0975. The van der Waals surface area contributed by atoms with Crippen molar-refractivity contribution in [2.45, 2.75) is 52.3 Å². The molecule has 0 spiro atoms. The molecule has 0 bridgehead atoms. The monoisotopic (exact) mass is 313 g/mol. The summed E-state index contributed by atoms with van der Waals surface area (Å²) in [6.45, 7) is 8.26. The number of rotatable bonds is 5. The van der Waals surface area contributed by atoms with E-state index in [4.69, 9.17) is 10.00 Å². The predicted octanol–water partition coefficient (Wildman–Crippen LogP) is 0.813. The number of hydrogen-bond acceptors (Lipinski definition) is 6. The Morgan fingerprint density at radius 2 is 1.86 bits per heavy atom. The molecule has 8 nitrogen and oxygen atoms in total. The van der Waals surface area contributed by atoms with E-state index in [1.165, 1.54) is 14.0 Å². The Bertz CT molecular complexity index is 464. The zero-order valence-corrected chi connectivity index (χ0v) is 13.8. The molecule has 8 heteroatoms. The molecule has 124 valence electrons. The first-order valence-electron chi connectivity index (χ1n) is 6.86. The molecule has 0 saturated heterocycles. The Hall–Kier alpha value is -2.30. The first-order chi connectivity index (χ1) is 10.0. The Labute approximate surface area is 130 Å². The molecule has 1 unspecified atom stereocenters. The van der Waals surface area contributed by atoms with Crippen LogP contribution in [0.15, 0.2) is 0 Å². The third-order valence-electron chi connectivity index (χ3n) is 2.58. The van der Waals surface area contributed by atoms with Gasteiger partial charge in [-0.05, 0) is 34.6 Å². The number of carbonyl (C=O) groups excluding carboxylic acids is 3. The van der Waals surface area contributed by atoms with Crippen LogP contribution in [0.25, 0.3) is 0 Å². The van der Waals surface area contributed by atoms with E-state index < -0.39 is 35.7 Å². The minimum atomic E-state index is -1.41. The highest BCUT2D eigenvalue weighted by Crippen LogP contribution is 2.10. The van der Waals surface area contributed by atoms with Gasteiger partial charge >= 0.3 is 12.1 Å². The lowest BCUT2D eigenvalue weighted by molar-refractivity contribution is -0.146. The van der Waals surface area contributed by atoms with Gasteiger partial charge in [0, 0.05) is 7.05 Å². The van der Waals surface area contributed by atoms with Crippen LogP contribution in [0.3, 0.4) is 0 Å². The molecule has 0 fully saturated rings. The number of esters is 1. The van der Waals surface area contributed by atoms with Crippen molar-refractivity contribution in [2.75, 3.05) is 13.7 Å². The SMILES string of the molecule is CCOC(=O)C(C#N)NC(=O)[C@@H](C)N(C)C(=O)OC(C)(C)C. The van der Waals surface area contributed by atoms with Crippen molar-refractivity contribution in [2.24, 2.45) is 0 Å². The number of ether oxygens (including phenoxy) is 2. The fourth-order valence-corrected chi connectivity index (χ4v) is 1.30. The molecule has 0 saturated carbocycles. The molecule has 0 aromatic heterocycles. The number of likely N-dealkylation sites (N-methyl/N-ethyl adjacent to an activating group) is 1. The Morgan fingerprint density at radius 3 is 2.27 bits per heavy atom. The number of nitrogens with one attached hydrogen (secondary N) is 1. The van der Waals surface area contributed by atoms with Crippen molar-refractivity contribution >= 4 is 18.0 Å². The average Bonchev–Trinajstić information content (AvgIpc) is 2.40. The standard InChI is InChI=1S/C14H23N3O5/c1-7-21-12(19)10(8-15)16-11(18)9(2)17(6)13(20)22-14(3,4)5/h9-10H,7H2,1-6H3,(H,16,18)/t9-,10?/m1/s1. The average molecular weight is 313 g/mol. The topological polar surface area (TPSA) is 109 Å². The van der Waals surface area contributed by atoms with Crippen LogP contribution >= 0.6 is 0 Å². The molecule has 22 heavy (non-hydrogen) atoms. The summed E-state index contributed by atoms with van der Waals surface area (Å²) < 4.78 is 9.81. The second kappa shape index (κ2) is 8.22. The summed E-state index contributed by atoms with van der Waals surface area (Å²) in [6, 6.07) is -0.694. The molecule has 0 aromatic rings. The molecule has 0 aliphatic carbocycles. The van der Waals surface area contributed by atoms with Crippen molar-refractivity contribution < 1.29 is 23.9 Å². The van der Waals surface area contributed by atoms with Crippen LogP contribution in [0.4, 0.5) is 4.79 Å². The fourth-order valence-electron chi connectivity index (χ4n) is 1.30. The molecule has 0 radical (unpaired) electrons. The van der Waals surface area contributed by atoms with Gasteiger partial charge in [-0.15, -0.1) is 0 Å². The Kier molecular flexibility index (Phi) is 7.36. The zero-order chi connectivity index (χ0) is 17.5. The summed E-state index contributed by atoms with van der Waals surface area (Å²) >= 11 is 0. The lowest BCUT2D eigenvalue weighted by Crippen LogP contribution is -2.51. The summed E-state index contributed by atoms with van der Waals surface area (Å²) in [5.74, 6) is -1.50. The van der Waals surface area contributed by atoms with E-state index in [2.05, 4.69) is 10.1 Å². The van der Waals surface area contributed by atoms with Crippen molar-refractivity contribution in [3.63, 3.8) is 0 Å². The van der Waals surface area contributed by atoms with E-state index in [9.17, 15) is 14.4 Å². The first-order valence-corrected chi connectivity index (χ1v) is 6.86. The van der Waals surface area contributed by atoms with Crippen LogP contribution in [-0.2, 0) is 19.1 Å². The lowest BCUT2D eigenvalue weighted by Gasteiger charge is -2.28. The highest BCUT2D eigenvalue weighted by atomic mass is 16.6. The van der Waals surface area contributed by atoms with Gasteiger partial charge in [0.2, 0.25) is 11.9 Å². The van der Waals surface area contributed by atoms with E-state index in [-0.39, 0.29) is 6.61 Å². The normalized spacial score (nSPS) is 13.3. The molecule has 2 amide bonds. The van der Waals surface area contributed by atoms with E-state index in [0.717, 1.165) is 4.90 Å². The molecular formula is C14H23N3O5. The van der Waals surface area contributed by atoms with Crippen LogP contribution in [0.1, 0.15) is 34.6 Å². The van der Waals surface area contributed by atoms with Gasteiger partial charge in [-0.1, -0.05) is 0 Å². The maximum Gasteiger partial charge on any atom is 0.410 e. The van der Waals surface area contributed by atoms with Gasteiger partial charge in [0.25, 0.3) is 0 Å². The van der Waals surface area contributed by atoms with Gasteiger partial charge < -0.3 is 14.8 Å². The lowest BCUT2D eigenvalue weighted by atomic mass is 10.2. The van der Waals surface area contributed by atoms with Crippen molar-refractivity contribution in [1.82, 2.24) is 10.2 Å². The van der Waals surface area contributed by atoms with Crippen LogP contribution < -0.4 is 5.32 Å². The van der Waals surface area contributed by atoms with Gasteiger partial charge in [-0.2, -0.15) is 5.26 Å². The Morgan fingerprint density at radius 1 is 1.32 bits per heavy atom. The summed E-state index contributed by atoms with van der Waals surface area (Å²) in [5, 5.41) is 11.1. The first kappa shape index (κ1) is 19.7. The molecule has 0 aromatic carbocycles. The smallest absolute Gasteiger partial charge is 0.410 e. The summed E-state index contributed by atoms with van der Waals surface area (Å²) in [4.78, 5) is 36.4. The second-order valence-electron chi connectivity index (χ2n) is 5.59. The van der Waals surface area contributed by atoms with Crippen LogP contribution in [-0.4, -0.2) is 54.2 Å². The van der Waals surface area contributed by atoms with Gasteiger partial charge in [-0.25, -0.2) is 9.59 Å². The minimum Gasteiger partial charge on any atom is -0.464 e. The van der Waals surface area contributed by atoms with E-state index in [1.807, 2.05) is 0 Å². The van der Waals surface area contributed by atoms with Crippen LogP contribution in [0, 0.1) is 11.3 Å². The third kappa shape index (κ3) is 6.43. The molecule has 0 aliphatic heterocycles. The summed E-state index contributed by atoms with van der Waals surface area (Å²) in [7, 11) is 1.39. The molecule has 0 aliphatic rings. The van der Waals surface area contributed by atoms with E-state index >= 15 is 0 Å². The molecule has 0 heterocycles. The van der Waals surface area contributed by atoms with E-state index in [0.29, 0.717) is 0 Å². The molecule has 0 rings (SSSR count). The second-order valence-corrected chi connectivity index (χ2v) is 5.59. The summed E-state index contributed by atoms with van der Waals surface area (Å²) in [6.07, 6.45) is -0.681. The number of nitrogens with zero attached hydrogens (tertiary/aromatic N) is 2. The van der Waals surface area contributed by atoms with Gasteiger partial charge in [0.15, 0.2) is 0 Å². The van der Waals surface area contributed by atoms with Crippen LogP contribution in [0.2, 0.25) is 0 Å². The number of nitriles is 1. The molecule has 2 atom stereocenters. The number of amides is 2. The fraction of sp³-hybridized carbons (Fsp3) is 0.714. The van der Waals surface area contributed by atoms with Crippen molar-refractivity contribution in [1.29, 1.82) is 5.26 Å². The van der Waals surface area contributed by atoms with E-state index in [1.54, 1.807) is 33.8 Å². The zero-order valence-electron chi connectivity index (χ0n) is 13.8. The summed E-state index contributed by atoms with van der Waals surface area (Å²) in [5.41, 5.74) is -0.693. The molecular weight excluding hydrogens is 290 g/mol. The highest BCUT2D eigenvalue weighted by molar-refractivity contribution is 5.90. The van der Waals surface area contributed by atoms with Gasteiger partial charge in [0.05, 0.1) is 12.7 Å². The van der Waals surface area contributed by atoms with Crippen LogP contribution in [0.5, 0.6) is 0 Å². The quantitative estimate of drug-likeness (QED) is 0.752. The largest absolute Gasteiger partial charge is 0.464 e. The maximum atomic E-state index is 12.0. The Balaban J connectivity index is 4.75. The van der Waals surface area contributed by atoms with Gasteiger partial charge in [-0.3, -0.25) is 9.69 Å². The number of hydrogen-bond donors (Lipinski definition) is 1. The highest BCUT2D eigenvalue weighted by Gasteiger charge is 2.30. The predicted molar refractivity (Wildman–Crippen MR) is 77.6 cm³/mol. The molecule has 1 N–H and O–H groups in total. The maximum absolute atomic E-state index is 12.0. The van der Waals surface area contributed by atoms with Crippen molar-refractivity contribution in [3.8, 4) is 6.07 Å². The third-order valence-corrected chi connectivity index (χ3v) is 2.58. The van der Waals surface area contributed by atoms with Gasteiger partial charge in [0.1, 0.15) is 11.6 Å². The van der Waals surface area contributed by atoms with Crippen molar-refractivity contribution in [3.05, 3.63) is 0 Å².